The monoisotopic (exact) mass is 713 g/mol. The third kappa shape index (κ3) is 5.19. The molecule has 0 saturated carbocycles. The number of hydrogen-bond donors (Lipinski definition) is 0. The second kappa shape index (κ2) is 13.2. The van der Waals surface area contributed by atoms with E-state index in [4.69, 9.17) is 4.42 Å². The minimum atomic E-state index is 0.902. The Hall–Kier alpha value is -7.42. The molecule has 0 amide bonds. The zero-order valence-electron chi connectivity index (χ0n) is 30.6. The lowest BCUT2D eigenvalue weighted by Crippen LogP contribution is -2.13. The number of para-hydroxylation sites is 3. The van der Waals surface area contributed by atoms with Crippen LogP contribution in [0.3, 0.4) is 0 Å². The van der Waals surface area contributed by atoms with Gasteiger partial charge in [-0.3, -0.25) is 0 Å². The van der Waals surface area contributed by atoms with E-state index in [0.717, 1.165) is 55.7 Å². The molecule has 0 unspecified atom stereocenters. The predicted molar refractivity (Wildman–Crippen MR) is 237 cm³/mol. The third-order valence-corrected chi connectivity index (χ3v) is 11.2. The maximum atomic E-state index is 6.49. The minimum Gasteiger partial charge on any atom is -0.455 e. The van der Waals surface area contributed by atoms with Gasteiger partial charge >= 0.3 is 0 Å². The molecule has 0 saturated heterocycles. The number of benzene rings is 10. The van der Waals surface area contributed by atoms with E-state index in [1.807, 2.05) is 12.1 Å². The van der Waals surface area contributed by atoms with Crippen LogP contribution in [0.1, 0.15) is 0 Å². The molecule has 0 fully saturated rings. The molecule has 2 heteroatoms. The van der Waals surface area contributed by atoms with Crippen molar-refractivity contribution in [3.8, 4) is 33.4 Å². The summed E-state index contributed by atoms with van der Waals surface area (Å²) >= 11 is 0. The Bertz CT molecular complexity index is 3250. The maximum Gasteiger partial charge on any atom is 0.143 e. The molecule has 11 rings (SSSR count). The molecule has 0 aliphatic rings. The van der Waals surface area contributed by atoms with Gasteiger partial charge in [-0.25, -0.2) is 0 Å². The smallest absolute Gasteiger partial charge is 0.143 e. The number of hydrogen-bond acceptors (Lipinski definition) is 2. The fraction of sp³-hybridized carbons (Fsp3) is 0. The van der Waals surface area contributed by atoms with Crippen molar-refractivity contribution < 1.29 is 4.42 Å². The van der Waals surface area contributed by atoms with E-state index >= 15 is 0 Å². The van der Waals surface area contributed by atoms with Gasteiger partial charge in [0.2, 0.25) is 0 Å². The van der Waals surface area contributed by atoms with E-state index in [9.17, 15) is 0 Å². The first kappa shape index (κ1) is 32.0. The lowest BCUT2D eigenvalue weighted by molar-refractivity contribution is 0.670. The minimum absolute atomic E-state index is 0.902. The molecule has 0 bridgehead atoms. The van der Waals surface area contributed by atoms with E-state index in [1.54, 1.807) is 0 Å². The van der Waals surface area contributed by atoms with Crippen LogP contribution in [0, 0.1) is 0 Å². The van der Waals surface area contributed by atoms with Crippen LogP contribution in [0.25, 0.3) is 87.6 Å². The third-order valence-electron chi connectivity index (χ3n) is 11.2. The van der Waals surface area contributed by atoms with Gasteiger partial charge in [0, 0.05) is 38.5 Å². The average molecular weight is 714 g/mol. The molecule has 1 heterocycles. The van der Waals surface area contributed by atoms with Gasteiger partial charge in [0.25, 0.3) is 0 Å². The zero-order valence-corrected chi connectivity index (χ0v) is 30.6. The van der Waals surface area contributed by atoms with Gasteiger partial charge in [0.05, 0.1) is 11.4 Å². The summed E-state index contributed by atoms with van der Waals surface area (Å²) in [6.07, 6.45) is 0. The Morgan fingerprint density at radius 3 is 1.73 bits per heavy atom. The summed E-state index contributed by atoms with van der Waals surface area (Å²) in [5, 5.41) is 9.56. The van der Waals surface area contributed by atoms with Gasteiger partial charge in [0.15, 0.2) is 0 Å². The first-order valence-corrected chi connectivity index (χ1v) is 19.2. The quantitative estimate of drug-likeness (QED) is 0.160. The van der Waals surface area contributed by atoms with E-state index in [0.29, 0.717) is 0 Å². The Balaban J connectivity index is 1.22. The highest BCUT2D eigenvalue weighted by Crippen LogP contribution is 2.51. The molecule has 1 aromatic heterocycles. The normalized spacial score (nSPS) is 11.6. The topological polar surface area (TPSA) is 16.4 Å². The average Bonchev–Trinajstić information content (AvgIpc) is 3.66. The van der Waals surface area contributed by atoms with Crippen molar-refractivity contribution in [2.75, 3.05) is 4.90 Å². The zero-order chi connectivity index (χ0) is 37.0. The molecule has 0 radical (unpaired) electrons. The van der Waals surface area contributed by atoms with Crippen molar-refractivity contribution in [3.63, 3.8) is 0 Å². The molecule has 0 atom stereocenters. The molecular weight excluding hydrogens is 679 g/mol. The van der Waals surface area contributed by atoms with Crippen LogP contribution < -0.4 is 4.90 Å². The number of fused-ring (bicyclic) bond motifs is 7. The summed E-state index contributed by atoms with van der Waals surface area (Å²) in [5.74, 6) is 0. The van der Waals surface area contributed by atoms with Crippen LogP contribution in [0.15, 0.2) is 217 Å². The molecule has 262 valence electrons. The van der Waals surface area contributed by atoms with Gasteiger partial charge in [-0.05, 0) is 74.0 Å². The van der Waals surface area contributed by atoms with Crippen LogP contribution in [0.2, 0.25) is 0 Å². The lowest BCUT2D eigenvalue weighted by atomic mass is 9.88. The number of furan rings is 1. The first-order valence-electron chi connectivity index (χ1n) is 19.2. The highest BCUT2D eigenvalue weighted by molar-refractivity contribution is 6.23. The van der Waals surface area contributed by atoms with Gasteiger partial charge in [-0.15, -0.1) is 0 Å². The van der Waals surface area contributed by atoms with E-state index < -0.39 is 0 Å². The molecule has 0 spiro atoms. The molecule has 11 aromatic rings. The summed E-state index contributed by atoms with van der Waals surface area (Å²) in [6.45, 7) is 0. The van der Waals surface area contributed by atoms with Gasteiger partial charge in [0.1, 0.15) is 11.2 Å². The van der Waals surface area contributed by atoms with Crippen molar-refractivity contribution >= 4 is 71.3 Å². The number of nitrogens with zero attached hydrogens (tertiary/aromatic N) is 1. The Morgan fingerprint density at radius 2 is 0.911 bits per heavy atom. The Morgan fingerprint density at radius 1 is 0.339 bits per heavy atom. The molecule has 0 aliphatic heterocycles. The summed E-state index contributed by atoms with van der Waals surface area (Å²) in [4.78, 5) is 2.49. The predicted octanol–water partition coefficient (Wildman–Crippen LogP) is 15.5. The van der Waals surface area contributed by atoms with Gasteiger partial charge in [-0.2, -0.15) is 0 Å². The second-order valence-corrected chi connectivity index (χ2v) is 14.4. The summed E-state index contributed by atoms with van der Waals surface area (Å²) in [5.41, 5.74) is 12.0. The number of rotatable bonds is 6. The summed E-state index contributed by atoms with van der Waals surface area (Å²) < 4.78 is 6.49. The highest BCUT2D eigenvalue weighted by Gasteiger charge is 2.25. The standard InChI is InChI=1S/C54H35NO/c1-2-16-37(17-3-1)42-19-10-12-27-50(42)55(41-33-31-38(32-34-41)43-25-14-26-49-46-22-11-13-28-51(46)56-54(43)49)53-48-24-9-7-21-45(48)44-20-6-8-23-47(44)52(53)40-30-29-36-15-4-5-18-39(36)35-40/h1-35H. The Labute approximate surface area is 325 Å². The van der Waals surface area contributed by atoms with Crippen LogP contribution in [0.4, 0.5) is 17.1 Å². The fourth-order valence-electron chi connectivity index (χ4n) is 8.68. The molecule has 10 aromatic carbocycles. The largest absolute Gasteiger partial charge is 0.455 e. The Kier molecular flexibility index (Phi) is 7.53. The van der Waals surface area contributed by atoms with Gasteiger partial charge in [-0.1, -0.05) is 182 Å². The van der Waals surface area contributed by atoms with Crippen LogP contribution in [0.5, 0.6) is 0 Å². The molecule has 2 nitrogen and oxygen atoms in total. The van der Waals surface area contributed by atoms with Crippen molar-refractivity contribution in [3.05, 3.63) is 212 Å². The van der Waals surface area contributed by atoms with Crippen LogP contribution >= 0.6 is 0 Å². The SMILES string of the molecule is c1ccc(-c2ccccc2N(c2ccc(-c3cccc4c3oc3ccccc34)cc2)c2c(-c3ccc4ccccc4c3)c3ccccc3c3ccccc23)cc1. The van der Waals surface area contributed by atoms with Crippen molar-refractivity contribution in [1.82, 2.24) is 0 Å². The first-order chi connectivity index (χ1) is 27.8. The molecule has 0 N–H and O–H groups in total. The van der Waals surface area contributed by atoms with Crippen LogP contribution in [-0.2, 0) is 0 Å². The number of anilines is 3. The van der Waals surface area contributed by atoms with E-state index in [2.05, 4.69) is 205 Å². The van der Waals surface area contributed by atoms with Crippen molar-refractivity contribution in [2.45, 2.75) is 0 Å². The summed E-state index contributed by atoms with van der Waals surface area (Å²) in [7, 11) is 0. The lowest BCUT2D eigenvalue weighted by Gasteiger charge is -2.32. The molecule has 56 heavy (non-hydrogen) atoms. The fourth-order valence-corrected chi connectivity index (χ4v) is 8.68. The maximum absolute atomic E-state index is 6.49. The van der Waals surface area contributed by atoms with E-state index in [1.165, 1.54) is 49.0 Å². The highest BCUT2D eigenvalue weighted by atomic mass is 16.3. The molecular formula is C54H35NO. The second-order valence-electron chi connectivity index (χ2n) is 14.4. The van der Waals surface area contributed by atoms with Gasteiger partial charge < -0.3 is 9.32 Å². The van der Waals surface area contributed by atoms with Crippen molar-refractivity contribution in [2.24, 2.45) is 0 Å². The van der Waals surface area contributed by atoms with Crippen molar-refractivity contribution in [1.29, 1.82) is 0 Å². The summed E-state index contributed by atoms with van der Waals surface area (Å²) in [6, 6.07) is 76.6. The van der Waals surface area contributed by atoms with E-state index in [-0.39, 0.29) is 0 Å². The van der Waals surface area contributed by atoms with Crippen LogP contribution in [-0.4, -0.2) is 0 Å². The molecule has 0 aliphatic carbocycles.